The van der Waals surface area contributed by atoms with Gasteiger partial charge in [0.15, 0.2) is 0 Å². The van der Waals surface area contributed by atoms with Crippen molar-refractivity contribution in [3.63, 3.8) is 0 Å². The van der Waals surface area contributed by atoms with Crippen molar-refractivity contribution < 1.29 is 4.79 Å². The Balaban J connectivity index is 2.18. The molecule has 1 aliphatic rings. The second-order valence-electron chi connectivity index (χ2n) is 3.84. The molecule has 0 saturated heterocycles. The molecule has 1 fully saturated rings. The number of nitrogens with one attached hydrogen (secondary N) is 2. The number of nitrogens with two attached hydrogens (primary N) is 2. The van der Waals surface area contributed by atoms with Gasteiger partial charge in [-0.3, -0.25) is 10.2 Å². The highest BCUT2D eigenvalue weighted by atomic mass is 16.1. The van der Waals surface area contributed by atoms with Gasteiger partial charge in [0.1, 0.15) is 0 Å². The van der Waals surface area contributed by atoms with Crippen LogP contribution >= 0.6 is 0 Å². The molecule has 6 N–H and O–H groups in total. The molecule has 1 aliphatic carbocycles. The average molecular weight is 198 g/mol. The van der Waals surface area contributed by atoms with Crippen LogP contribution in [0.5, 0.6) is 0 Å². The molecule has 1 saturated carbocycles. The number of amidine groups is 1. The Kier molecular flexibility index (Phi) is 3.88. The van der Waals surface area contributed by atoms with Crippen LogP contribution in [0.15, 0.2) is 0 Å². The topological polar surface area (TPSA) is 105 Å². The Morgan fingerprint density at radius 3 is 2.71 bits per heavy atom. The van der Waals surface area contributed by atoms with Crippen LogP contribution in [0, 0.1) is 11.3 Å². The zero-order valence-electron chi connectivity index (χ0n) is 8.25. The molecule has 80 valence electrons. The van der Waals surface area contributed by atoms with E-state index in [9.17, 15) is 4.79 Å². The van der Waals surface area contributed by atoms with E-state index in [1.54, 1.807) is 0 Å². The van der Waals surface area contributed by atoms with Crippen molar-refractivity contribution >= 4 is 11.7 Å². The van der Waals surface area contributed by atoms with Gasteiger partial charge in [0.25, 0.3) is 0 Å². The number of carbonyl (C=O) groups excluding carboxylic acids is 1. The molecule has 0 spiro atoms. The van der Waals surface area contributed by atoms with E-state index < -0.39 is 0 Å². The maximum atomic E-state index is 11.5. The second kappa shape index (κ2) is 4.95. The summed E-state index contributed by atoms with van der Waals surface area (Å²) in [6, 6.07) is 0.179. The summed E-state index contributed by atoms with van der Waals surface area (Å²) in [5.41, 5.74) is 10.9. The van der Waals surface area contributed by atoms with Gasteiger partial charge < -0.3 is 16.8 Å². The van der Waals surface area contributed by atoms with Gasteiger partial charge >= 0.3 is 0 Å². The van der Waals surface area contributed by atoms with Crippen LogP contribution in [0.3, 0.4) is 0 Å². The predicted octanol–water partition coefficient (Wildman–Crippen LogP) is -0.444. The van der Waals surface area contributed by atoms with Gasteiger partial charge in [-0.25, -0.2) is 0 Å². The van der Waals surface area contributed by atoms with E-state index in [0.29, 0.717) is 13.0 Å². The van der Waals surface area contributed by atoms with E-state index in [1.807, 2.05) is 0 Å². The van der Waals surface area contributed by atoms with Crippen molar-refractivity contribution in [2.24, 2.45) is 17.4 Å². The molecule has 0 unspecified atom stereocenters. The lowest BCUT2D eigenvalue weighted by molar-refractivity contribution is -0.124. The lowest BCUT2D eigenvalue weighted by Crippen LogP contribution is -2.32. The fourth-order valence-electron chi connectivity index (χ4n) is 1.72. The summed E-state index contributed by atoms with van der Waals surface area (Å²) in [4.78, 5) is 11.5. The first-order valence-corrected chi connectivity index (χ1v) is 4.95. The molecular weight excluding hydrogens is 180 g/mol. The van der Waals surface area contributed by atoms with E-state index in [1.165, 1.54) is 0 Å². The van der Waals surface area contributed by atoms with Crippen molar-refractivity contribution in [3.8, 4) is 0 Å². The molecule has 0 bridgehead atoms. The van der Waals surface area contributed by atoms with Gasteiger partial charge in [-0.15, -0.1) is 0 Å². The minimum absolute atomic E-state index is 0.0548. The Morgan fingerprint density at radius 1 is 1.50 bits per heavy atom. The molecule has 0 heterocycles. The minimum Gasteiger partial charge on any atom is -0.388 e. The van der Waals surface area contributed by atoms with Gasteiger partial charge in [0, 0.05) is 24.9 Å². The molecule has 0 radical (unpaired) electrons. The number of rotatable bonds is 4. The number of hydrogen-bond donors (Lipinski definition) is 4. The maximum absolute atomic E-state index is 11.5. The van der Waals surface area contributed by atoms with Crippen molar-refractivity contribution in [1.29, 1.82) is 5.41 Å². The van der Waals surface area contributed by atoms with Crippen LogP contribution in [-0.4, -0.2) is 24.3 Å². The molecule has 0 aromatic carbocycles. The van der Waals surface area contributed by atoms with E-state index in [-0.39, 0.29) is 23.7 Å². The lowest BCUT2D eigenvalue weighted by atomic mass is 10.1. The van der Waals surface area contributed by atoms with Gasteiger partial charge in [0.2, 0.25) is 5.91 Å². The molecule has 14 heavy (non-hydrogen) atoms. The largest absolute Gasteiger partial charge is 0.388 e. The molecule has 1 rings (SSSR count). The summed E-state index contributed by atoms with van der Waals surface area (Å²) >= 11 is 0. The van der Waals surface area contributed by atoms with E-state index >= 15 is 0 Å². The van der Waals surface area contributed by atoms with Crippen molar-refractivity contribution in [3.05, 3.63) is 0 Å². The molecule has 5 nitrogen and oxygen atoms in total. The molecular formula is C9H18N4O. The van der Waals surface area contributed by atoms with Crippen LogP contribution in [0.1, 0.15) is 25.7 Å². The molecule has 0 aromatic rings. The molecule has 2 atom stereocenters. The zero-order chi connectivity index (χ0) is 10.6. The van der Waals surface area contributed by atoms with Crippen LogP contribution < -0.4 is 16.8 Å². The molecule has 5 heteroatoms. The second-order valence-corrected chi connectivity index (χ2v) is 3.84. The Bertz CT molecular complexity index is 229. The average Bonchev–Trinajstić information content (AvgIpc) is 2.51. The monoisotopic (exact) mass is 198 g/mol. The van der Waals surface area contributed by atoms with E-state index in [2.05, 4.69) is 5.32 Å². The van der Waals surface area contributed by atoms with Crippen molar-refractivity contribution in [1.82, 2.24) is 5.32 Å². The Morgan fingerprint density at radius 2 is 2.21 bits per heavy atom. The van der Waals surface area contributed by atoms with Crippen LogP contribution in [0.25, 0.3) is 0 Å². The third kappa shape index (κ3) is 3.33. The Labute approximate surface area is 83.7 Å². The molecule has 1 amide bonds. The predicted molar refractivity (Wildman–Crippen MR) is 54.9 cm³/mol. The third-order valence-corrected chi connectivity index (χ3v) is 2.54. The van der Waals surface area contributed by atoms with Gasteiger partial charge in [0.05, 0.1) is 5.84 Å². The number of hydrogen-bond acceptors (Lipinski definition) is 3. The van der Waals surface area contributed by atoms with Crippen molar-refractivity contribution in [2.75, 3.05) is 6.54 Å². The van der Waals surface area contributed by atoms with Crippen molar-refractivity contribution in [2.45, 2.75) is 31.7 Å². The summed E-state index contributed by atoms with van der Waals surface area (Å²) < 4.78 is 0. The minimum atomic E-state index is 0.0548. The van der Waals surface area contributed by atoms with Crippen LogP contribution in [0.4, 0.5) is 0 Å². The van der Waals surface area contributed by atoms with Crippen LogP contribution in [-0.2, 0) is 4.79 Å². The summed E-state index contributed by atoms with van der Waals surface area (Å²) in [7, 11) is 0. The molecule has 0 aliphatic heterocycles. The van der Waals surface area contributed by atoms with Crippen LogP contribution in [0.2, 0.25) is 0 Å². The van der Waals surface area contributed by atoms with E-state index in [4.69, 9.17) is 16.9 Å². The Hall–Kier alpha value is -1.10. The fourth-order valence-corrected chi connectivity index (χ4v) is 1.72. The van der Waals surface area contributed by atoms with Gasteiger partial charge in [-0.1, -0.05) is 0 Å². The smallest absolute Gasteiger partial charge is 0.223 e. The standard InChI is InChI=1S/C9H18N4O/c10-7-2-1-6(5-7)9(14)13-4-3-8(11)12/h6-7H,1-5,10H2,(H3,11,12)(H,13,14)/t6-,7-/m1/s1. The number of amides is 1. The summed E-state index contributed by atoms with van der Waals surface area (Å²) in [5.74, 6) is 0.226. The first kappa shape index (κ1) is 11.0. The van der Waals surface area contributed by atoms with Gasteiger partial charge in [-0.2, -0.15) is 0 Å². The highest BCUT2D eigenvalue weighted by Gasteiger charge is 2.27. The summed E-state index contributed by atoms with van der Waals surface area (Å²) in [6.07, 6.45) is 3.02. The lowest BCUT2D eigenvalue weighted by Gasteiger charge is -2.09. The number of carbonyl (C=O) groups is 1. The highest BCUT2D eigenvalue weighted by Crippen LogP contribution is 2.23. The summed E-state index contributed by atoms with van der Waals surface area (Å²) in [5, 5.41) is 9.75. The first-order valence-electron chi connectivity index (χ1n) is 4.95. The van der Waals surface area contributed by atoms with Gasteiger partial charge in [-0.05, 0) is 19.3 Å². The highest BCUT2D eigenvalue weighted by molar-refractivity contribution is 5.81. The SMILES string of the molecule is N=C(N)CCNC(=O)[C@@H]1CC[C@@H](N)C1. The normalized spacial score (nSPS) is 26.1. The third-order valence-electron chi connectivity index (χ3n) is 2.54. The molecule has 0 aromatic heterocycles. The first-order chi connectivity index (χ1) is 6.59. The summed E-state index contributed by atoms with van der Waals surface area (Å²) in [6.45, 7) is 0.458. The zero-order valence-corrected chi connectivity index (χ0v) is 8.25. The van der Waals surface area contributed by atoms with E-state index in [0.717, 1.165) is 19.3 Å². The quantitative estimate of drug-likeness (QED) is 0.363. The fraction of sp³-hybridized carbons (Fsp3) is 0.778. The maximum Gasteiger partial charge on any atom is 0.223 e.